The molecular weight excluding hydrogens is 303 g/mol. The molecule has 1 N–H and O–H groups in total. The van der Waals surface area contributed by atoms with Gasteiger partial charge in [-0.05, 0) is 62.7 Å². The molecule has 0 spiro atoms. The van der Waals surface area contributed by atoms with E-state index in [9.17, 15) is 13.2 Å². The lowest BCUT2D eigenvalue weighted by atomic mass is 10.0. The second-order valence-electron chi connectivity index (χ2n) is 6.01. The first kappa shape index (κ1) is 17.2. The smallest absolute Gasteiger partial charge is 0.416 e. The van der Waals surface area contributed by atoms with Gasteiger partial charge in [-0.3, -0.25) is 0 Å². The van der Waals surface area contributed by atoms with E-state index in [-0.39, 0.29) is 11.3 Å². The van der Waals surface area contributed by atoms with Crippen LogP contribution in [0, 0.1) is 0 Å². The fourth-order valence-electron chi connectivity index (χ4n) is 1.96. The van der Waals surface area contributed by atoms with Crippen LogP contribution in [0.25, 0.3) is 0 Å². The summed E-state index contributed by atoms with van der Waals surface area (Å²) in [5.74, 6) is 0.651. The molecule has 0 fully saturated rings. The van der Waals surface area contributed by atoms with Gasteiger partial charge in [0.05, 0.1) is 5.56 Å². The van der Waals surface area contributed by atoms with Crippen molar-refractivity contribution in [1.29, 1.82) is 0 Å². The second kappa shape index (κ2) is 6.52. The van der Waals surface area contributed by atoms with Crippen LogP contribution in [0.15, 0.2) is 48.5 Å². The number of hydrogen-bond acceptors (Lipinski definition) is 2. The third kappa shape index (κ3) is 4.91. The van der Waals surface area contributed by atoms with Crippen LogP contribution >= 0.6 is 0 Å². The molecule has 0 saturated heterocycles. The molecule has 0 amide bonds. The van der Waals surface area contributed by atoms with E-state index in [1.807, 2.05) is 12.1 Å². The molecule has 2 nitrogen and oxygen atoms in total. The van der Waals surface area contributed by atoms with Gasteiger partial charge in [-0.25, -0.2) is 0 Å². The zero-order valence-corrected chi connectivity index (χ0v) is 13.4. The zero-order valence-electron chi connectivity index (χ0n) is 13.4. The van der Waals surface area contributed by atoms with Gasteiger partial charge in [-0.15, -0.1) is 0 Å². The van der Waals surface area contributed by atoms with Crippen LogP contribution in [0.3, 0.4) is 0 Å². The normalized spacial score (nSPS) is 12.1. The Hall–Kier alpha value is -2.17. The monoisotopic (exact) mass is 323 g/mol. The topological polar surface area (TPSA) is 21.3 Å². The maximum absolute atomic E-state index is 12.7. The van der Waals surface area contributed by atoms with Gasteiger partial charge in [-0.1, -0.05) is 13.0 Å². The van der Waals surface area contributed by atoms with E-state index < -0.39 is 11.7 Å². The largest absolute Gasteiger partial charge is 0.457 e. The Kier molecular flexibility index (Phi) is 4.88. The number of nitrogens with one attached hydrogen (secondary N) is 1. The van der Waals surface area contributed by atoms with Crippen molar-refractivity contribution in [3.05, 3.63) is 54.1 Å². The molecule has 0 aliphatic carbocycles. The summed E-state index contributed by atoms with van der Waals surface area (Å²) in [6, 6.07) is 12.0. The molecule has 23 heavy (non-hydrogen) atoms. The highest BCUT2D eigenvalue weighted by molar-refractivity contribution is 5.49. The third-order valence-corrected chi connectivity index (χ3v) is 3.62. The fourth-order valence-corrected chi connectivity index (χ4v) is 1.96. The van der Waals surface area contributed by atoms with Crippen molar-refractivity contribution >= 4 is 5.69 Å². The van der Waals surface area contributed by atoms with Crippen molar-refractivity contribution < 1.29 is 17.9 Å². The number of ether oxygens (including phenoxy) is 1. The van der Waals surface area contributed by atoms with Crippen molar-refractivity contribution in [2.24, 2.45) is 0 Å². The minimum absolute atomic E-state index is 0.0244. The number of halogens is 3. The predicted molar refractivity (Wildman–Crippen MR) is 86.0 cm³/mol. The van der Waals surface area contributed by atoms with Crippen molar-refractivity contribution in [2.45, 2.75) is 38.9 Å². The fraction of sp³-hybridized carbons (Fsp3) is 0.333. The Morgan fingerprint density at radius 2 is 1.61 bits per heavy atom. The van der Waals surface area contributed by atoms with Crippen LogP contribution in [-0.2, 0) is 6.18 Å². The van der Waals surface area contributed by atoms with E-state index in [1.165, 1.54) is 12.1 Å². The molecule has 0 aliphatic heterocycles. The van der Waals surface area contributed by atoms with Crippen LogP contribution < -0.4 is 10.1 Å². The maximum Gasteiger partial charge on any atom is 0.416 e. The number of hydrogen-bond donors (Lipinski definition) is 1. The van der Waals surface area contributed by atoms with Crippen molar-refractivity contribution in [3.63, 3.8) is 0 Å². The summed E-state index contributed by atoms with van der Waals surface area (Å²) in [4.78, 5) is 0. The van der Waals surface area contributed by atoms with E-state index in [2.05, 4.69) is 26.1 Å². The SMILES string of the molecule is CCC(C)(C)Nc1ccc(Oc2cccc(C(F)(F)F)c2)cc1. The van der Waals surface area contributed by atoms with E-state index in [0.29, 0.717) is 5.75 Å². The summed E-state index contributed by atoms with van der Waals surface area (Å²) >= 11 is 0. The van der Waals surface area contributed by atoms with Gasteiger partial charge in [0.25, 0.3) is 0 Å². The maximum atomic E-state index is 12.7. The van der Waals surface area contributed by atoms with Gasteiger partial charge in [0.15, 0.2) is 0 Å². The molecule has 0 heterocycles. The second-order valence-corrected chi connectivity index (χ2v) is 6.01. The molecule has 2 rings (SSSR count). The Morgan fingerprint density at radius 3 is 2.17 bits per heavy atom. The van der Waals surface area contributed by atoms with Gasteiger partial charge < -0.3 is 10.1 Å². The summed E-state index contributed by atoms with van der Waals surface area (Å²) < 4.78 is 43.6. The third-order valence-electron chi connectivity index (χ3n) is 3.62. The minimum atomic E-state index is -4.38. The highest BCUT2D eigenvalue weighted by atomic mass is 19.4. The van der Waals surface area contributed by atoms with Crippen LogP contribution in [0.1, 0.15) is 32.8 Å². The van der Waals surface area contributed by atoms with E-state index in [4.69, 9.17) is 4.74 Å². The van der Waals surface area contributed by atoms with Gasteiger partial charge in [-0.2, -0.15) is 13.2 Å². The van der Waals surface area contributed by atoms with Crippen molar-refractivity contribution in [2.75, 3.05) is 5.32 Å². The molecule has 124 valence electrons. The van der Waals surface area contributed by atoms with Crippen LogP contribution in [0.4, 0.5) is 18.9 Å². The van der Waals surface area contributed by atoms with Crippen LogP contribution in [0.2, 0.25) is 0 Å². The van der Waals surface area contributed by atoms with Crippen LogP contribution in [-0.4, -0.2) is 5.54 Å². The van der Waals surface area contributed by atoms with Gasteiger partial charge in [0, 0.05) is 11.2 Å². The standard InChI is InChI=1S/C18H20F3NO/c1-4-17(2,3)22-14-8-10-15(11-9-14)23-16-7-5-6-13(12-16)18(19,20)21/h5-12,22H,4H2,1-3H3. The highest BCUT2D eigenvalue weighted by Crippen LogP contribution is 2.33. The lowest BCUT2D eigenvalue weighted by molar-refractivity contribution is -0.137. The van der Waals surface area contributed by atoms with Gasteiger partial charge in [0.2, 0.25) is 0 Å². The molecule has 0 saturated carbocycles. The molecule has 0 radical (unpaired) electrons. The molecule has 0 aromatic heterocycles. The Bertz CT molecular complexity index is 648. The Morgan fingerprint density at radius 1 is 0.957 bits per heavy atom. The quantitative estimate of drug-likeness (QED) is 0.718. The predicted octanol–water partition coefficient (Wildman–Crippen LogP) is 6.10. The molecule has 0 aliphatic rings. The van der Waals surface area contributed by atoms with E-state index in [1.54, 1.807) is 12.1 Å². The number of rotatable bonds is 5. The van der Waals surface area contributed by atoms with Crippen molar-refractivity contribution in [3.8, 4) is 11.5 Å². The number of alkyl halides is 3. The summed E-state index contributed by atoms with van der Waals surface area (Å²) in [6.07, 6.45) is -3.41. The molecule has 0 atom stereocenters. The highest BCUT2D eigenvalue weighted by Gasteiger charge is 2.30. The lowest BCUT2D eigenvalue weighted by Crippen LogP contribution is -2.29. The lowest BCUT2D eigenvalue weighted by Gasteiger charge is -2.26. The van der Waals surface area contributed by atoms with E-state index >= 15 is 0 Å². The summed E-state index contributed by atoms with van der Waals surface area (Å²) in [6.45, 7) is 6.29. The van der Waals surface area contributed by atoms with Gasteiger partial charge >= 0.3 is 6.18 Å². The Labute approximate surface area is 134 Å². The molecule has 0 bridgehead atoms. The first-order valence-corrected chi connectivity index (χ1v) is 7.43. The molecular formula is C18H20F3NO. The summed E-state index contributed by atoms with van der Waals surface area (Å²) in [5, 5.41) is 3.38. The number of anilines is 1. The van der Waals surface area contributed by atoms with E-state index in [0.717, 1.165) is 24.2 Å². The Balaban J connectivity index is 2.10. The zero-order chi connectivity index (χ0) is 17.1. The summed E-state index contributed by atoms with van der Waals surface area (Å²) in [5.41, 5.74) is 0.190. The average Bonchev–Trinajstić information content (AvgIpc) is 2.48. The first-order valence-electron chi connectivity index (χ1n) is 7.43. The minimum Gasteiger partial charge on any atom is -0.457 e. The summed E-state index contributed by atoms with van der Waals surface area (Å²) in [7, 11) is 0. The molecule has 5 heteroatoms. The first-order chi connectivity index (χ1) is 10.7. The number of benzene rings is 2. The molecule has 2 aromatic rings. The average molecular weight is 323 g/mol. The van der Waals surface area contributed by atoms with Gasteiger partial charge in [0.1, 0.15) is 11.5 Å². The molecule has 2 aromatic carbocycles. The molecule has 0 unspecified atom stereocenters. The van der Waals surface area contributed by atoms with Crippen molar-refractivity contribution in [1.82, 2.24) is 0 Å². The van der Waals surface area contributed by atoms with Crippen LogP contribution in [0.5, 0.6) is 11.5 Å².